The fourth-order valence-electron chi connectivity index (χ4n) is 1.70. The van der Waals surface area contributed by atoms with E-state index in [2.05, 4.69) is 0 Å². The normalized spacial score (nSPS) is 16.4. The van der Waals surface area contributed by atoms with Gasteiger partial charge in [0.1, 0.15) is 11.4 Å². The van der Waals surface area contributed by atoms with Crippen LogP contribution >= 0.6 is 7.60 Å². The molecule has 0 aromatic rings. The van der Waals surface area contributed by atoms with E-state index in [9.17, 15) is 9.36 Å². The Labute approximate surface area is 110 Å². The monoisotopic (exact) mass is 279 g/mol. The maximum absolute atomic E-state index is 12.7. The molecule has 0 rings (SSSR count). The second-order valence-electron chi connectivity index (χ2n) is 5.32. The predicted octanol–water partition coefficient (Wildman–Crippen LogP) is 2.58. The van der Waals surface area contributed by atoms with Crippen LogP contribution in [0.2, 0.25) is 0 Å². The summed E-state index contributed by atoms with van der Waals surface area (Å²) in [4.78, 5) is 11.8. The van der Waals surface area contributed by atoms with Gasteiger partial charge in [-0.15, -0.1) is 0 Å². The van der Waals surface area contributed by atoms with Crippen molar-refractivity contribution in [2.24, 2.45) is 11.1 Å². The average Bonchev–Trinajstić information content (AvgIpc) is 2.15. The number of ketones is 1. The lowest BCUT2D eigenvalue weighted by Gasteiger charge is -2.35. The first-order chi connectivity index (χ1) is 8.10. The molecule has 0 aliphatic rings. The highest BCUT2D eigenvalue weighted by Gasteiger charge is 2.46. The van der Waals surface area contributed by atoms with E-state index in [4.69, 9.17) is 14.8 Å². The molecule has 0 amide bonds. The Morgan fingerprint density at radius 1 is 1.22 bits per heavy atom. The van der Waals surface area contributed by atoms with Crippen LogP contribution in [0, 0.1) is 5.41 Å². The molecular weight excluding hydrogens is 253 g/mol. The first-order valence-electron chi connectivity index (χ1n) is 6.25. The third kappa shape index (κ3) is 4.47. The minimum atomic E-state index is -3.51. The van der Waals surface area contributed by atoms with Crippen molar-refractivity contribution in [3.05, 3.63) is 0 Å². The van der Waals surface area contributed by atoms with Crippen molar-refractivity contribution in [2.75, 3.05) is 13.2 Å². The summed E-state index contributed by atoms with van der Waals surface area (Å²) in [5.74, 6) is -0.261. The lowest BCUT2D eigenvalue weighted by molar-refractivity contribution is -0.117. The van der Waals surface area contributed by atoms with Gasteiger partial charge in [0.25, 0.3) is 0 Å². The van der Waals surface area contributed by atoms with E-state index in [1.165, 1.54) is 6.92 Å². The summed E-state index contributed by atoms with van der Waals surface area (Å²) < 4.78 is 23.2. The summed E-state index contributed by atoms with van der Waals surface area (Å²) in [6.07, 6.45) is 0. The Bertz CT molecular complexity index is 315. The molecule has 0 aromatic carbocycles. The molecule has 6 heteroatoms. The van der Waals surface area contributed by atoms with Crippen LogP contribution < -0.4 is 5.73 Å². The Morgan fingerprint density at radius 3 is 1.83 bits per heavy atom. The number of rotatable bonds is 7. The van der Waals surface area contributed by atoms with Crippen molar-refractivity contribution in [3.8, 4) is 0 Å². The Hall–Kier alpha value is -0.220. The molecule has 0 saturated heterocycles. The molecule has 2 N–H and O–H groups in total. The molecule has 2 atom stereocenters. The predicted molar refractivity (Wildman–Crippen MR) is 72.8 cm³/mol. The standard InChI is InChI=1S/C12H26NO4P/c1-7-16-18(15,17-8-2)10(9(3)14)11(13)12(4,5)6/h10-11H,7-8,13H2,1-6H3. The molecule has 108 valence electrons. The summed E-state index contributed by atoms with van der Waals surface area (Å²) in [6, 6.07) is -0.584. The SMILES string of the molecule is CCOP(=O)(OCC)C(C(C)=O)C(N)C(C)(C)C. The summed E-state index contributed by atoms with van der Waals surface area (Å²) in [6.45, 7) is 10.9. The molecule has 0 saturated carbocycles. The Balaban J connectivity index is 5.43. The van der Waals surface area contributed by atoms with Gasteiger partial charge < -0.3 is 14.8 Å². The molecule has 0 fully saturated rings. The van der Waals surface area contributed by atoms with Crippen LogP contribution in [-0.2, 0) is 18.4 Å². The van der Waals surface area contributed by atoms with E-state index in [0.717, 1.165) is 0 Å². The van der Waals surface area contributed by atoms with Gasteiger partial charge in [-0.2, -0.15) is 0 Å². The van der Waals surface area contributed by atoms with Crippen molar-refractivity contribution in [2.45, 2.75) is 53.2 Å². The number of carbonyl (C=O) groups is 1. The number of nitrogens with two attached hydrogens (primary N) is 1. The van der Waals surface area contributed by atoms with Gasteiger partial charge in [0.05, 0.1) is 13.2 Å². The van der Waals surface area contributed by atoms with Crippen LogP contribution in [0.1, 0.15) is 41.5 Å². The fraction of sp³-hybridized carbons (Fsp3) is 0.917. The number of Topliss-reactive ketones (excluding diaryl/α,β-unsaturated/α-hetero) is 1. The third-order valence-electron chi connectivity index (χ3n) is 2.72. The first-order valence-corrected chi connectivity index (χ1v) is 7.86. The van der Waals surface area contributed by atoms with Crippen LogP contribution in [-0.4, -0.2) is 30.7 Å². The molecule has 0 heterocycles. The van der Waals surface area contributed by atoms with Gasteiger partial charge in [0, 0.05) is 6.04 Å². The molecule has 0 aliphatic heterocycles. The molecular formula is C12H26NO4P. The lowest BCUT2D eigenvalue weighted by atomic mass is 9.84. The van der Waals surface area contributed by atoms with E-state index in [0.29, 0.717) is 0 Å². The minimum Gasteiger partial charge on any atom is -0.326 e. The zero-order valence-corrected chi connectivity index (χ0v) is 13.1. The summed E-state index contributed by atoms with van der Waals surface area (Å²) >= 11 is 0. The maximum Gasteiger partial charge on any atom is 0.342 e. The van der Waals surface area contributed by atoms with Crippen molar-refractivity contribution >= 4 is 13.4 Å². The number of carbonyl (C=O) groups excluding carboxylic acids is 1. The highest BCUT2D eigenvalue weighted by molar-refractivity contribution is 7.55. The van der Waals surface area contributed by atoms with Gasteiger partial charge in [0.2, 0.25) is 0 Å². The van der Waals surface area contributed by atoms with Crippen LogP contribution in [0.25, 0.3) is 0 Å². The zero-order valence-electron chi connectivity index (χ0n) is 12.2. The number of hydrogen-bond donors (Lipinski definition) is 1. The Morgan fingerprint density at radius 2 is 1.61 bits per heavy atom. The van der Waals surface area contributed by atoms with E-state index >= 15 is 0 Å². The van der Waals surface area contributed by atoms with Crippen molar-refractivity contribution in [1.82, 2.24) is 0 Å². The van der Waals surface area contributed by atoms with Gasteiger partial charge in [-0.25, -0.2) is 0 Å². The van der Waals surface area contributed by atoms with Crippen LogP contribution in [0.4, 0.5) is 0 Å². The van der Waals surface area contributed by atoms with E-state index in [1.54, 1.807) is 13.8 Å². The summed E-state index contributed by atoms with van der Waals surface area (Å²) in [5.41, 5.74) is 4.81. The third-order valence-corrected chi connectivity index (χ3v) is 5.32. The van der Waals surface area contributed by atoms with Crippen LogP contribution in [0.15, 0.2) is 0 Å². The second-order valence-corrected chi connectivity index (χ2v) is 7.48. The van der Waals surface area contributed by atoms with Crippen molar-refractivity contribution < 1.29 is 18.4 Å². The van der Waals surface area contributed by atoms with Gasteiger partial charge >= 0.3 is 7.60 Å². The first kappa shape index (κ1) is 17.8. The molecule has 2 unspecified atom stereocenters. The van der Waals surface area contributed by atoms with Gasteiger partial charge in [-0.1, -0.05) is 20.8 Å². The molecule has 0 radical (unpaired) electrons. The van der Waals surface area contributed by atoms with Crippen LogP contribution in [0.5, 0.6) is 0 Å². The number of hydrogen-bond acceptors (Lipinski definition) is 5. The molecule has 0 bridgehead atoms. The van der Waals surface area contributed by atoms with Crippen molar-refractivity contribution in [3.63, 3.8) is 0 Å². The van der Waals surface area contributed by atoms with E-state index < -0.39 is 19.3 Å². The topological polar surface area (TPSA) is 78.6 Å². The quantitative estimate of drug-likeness (QED) is 0.725. The molecule has 0 aromatic heterocycles. The van der Waals surface area contributed by atoms with E-state index in [1.807, 2.05) is 20.8 Å². The second kappa shape index (κ2) is 6.80. The molecule has 0 aliphatic carbocycles. The maximum atomic E-state index is 12.7. The largest absolute Gasteiger partial charge is 0.342 e. The Kier molecular flexibility index (Phi) is 6.72. The smallest absolute Gasteiger partial charge is 0.326 e. The average molecular weight is 279 g/mol. The van der Waals surface area contributed by atoms with Gasteiger partial charge in [0.15, 0.2) is 0 Å². The summed E-state index contributed by atoms with van der Waals surface area (Å²) in [5, 5.41) is 0. The zero-order chi connectivity index (χ0) is 14.6. The van der Waals surface area contributed by atoms with Gasteiger partial charge in [-0.05, 0) is 26.2 Å². The fourth-order valence-corrected chi connectivity index (χ4v) is 4.11. The summed E-state index contributed by atoms with van der Waals surface area (Å²) in [7, 11) is -3.51. The highest BCUT2D eigenvalue weighted by atomic mass is 31.2. The molecule has 18 heavy (non-hydrogen) atoms. The van der Waals surface area contributed by atoms with Crippen LogP contribution in [0.3, 0.4) is 0 Å². The highest BCUT2D eigenvalue weighted by Crippen LogP contribution is 2.55. The molecule has 5 nitrogen and oxygen atoms in total. The molecule has 0 spiro atoms. The lowest BCUT2D eigenvalue weighted by Crippen LogP contribution is -2.48. The van der Waals surface area contributed by atoms with Gasteiger partial charge in [-0.3, -0.25) is 9.36 Å². The van der Waals surface area contributed by atoms with Crippen molar-refractivity contribution in [1.29, 1.82) is 0 Å². The van der Waals surface area contributed by atoms with E-state index in [-0.39, 0.29) is 24.4 Å². The minimum absolute atomic E-state index is 0.220.